The van der Waals surface area contributed by atoms with Gasteiger partial charge < -0.3 is 24.8 Å². The van der Waals surface area contributed by atoms with Crippen LogP contribution in [0.4, 0.5) is 0 Å². The number of hydrogen-bond donors (Lipinski definition) is 2. The maximum absolute atomic E-state index is 6.11. The van der Waals surface area contributed by atoms with Crippen molar-refractivity contribution < 1.29 is 14.2 Å². The number of aryl methyl sites for hydroxylation is 1. The van der Waals surface area contributed by atoms with Gasteiger partial charge in [0.25, 0.3) is 0 Å². The van der Waals surface area contributed by atoms with Crippen LogP contribution < -0.4 is 15.4 Å². The first kappa shape index (κ1) is 25.0. The van der Waals surface area contributed by atoms with Crippen LogP contribution in [-0.2, 0) is 16.0 Å². The number of benzene rings is 1. The Morgan fingerprint density at radius 3 is 2.86 bits per heavy atom. The fraction of sp³-hybridized carbons (Fsp3) is 0.667. The van der Waals surface area contributed by atoms with Crippen LogP contribution in [0.3, 0.4) is 0 Å². The van der Waals surface area contributed by atoms with Gasteiger partial charge in [0.2, 0.25) is 0 Å². The van der Waals surface area contributed by atoms with Crippen LogP contribution in [0.2, 0.25) is 0 Å². The van der Waals surface area contributed by atoms with Gasteiger partial charge in [0, 0.05) is 44.4 Å². The molecule has 0 radical (unpaired) electrons. The second-order valence-electron chi connectivity index (χ2n) is 6.82. The molecule has 1 saturated heterocycles. The molecule has 0 aromatic heterocycles. The molecule has 1 aliphatic heterocycles. The summed E-state index contributed by atoms with van der Waals surface area (Å²) < 4.78 is 16.9. The minimum Gasteiger partial charge on any atom is -0.493 e. The molecule has 28 heavy (non-hydrogen) atoms. The average Bonchev–Trinajstić information content (AvgIpc) is 3.18. The second kappa shape index (κ2) is 14.9. The summed E-state index contributed by atoms with van der Waals surface area (Å²) in [7, 11) is 0. The van der Waals surface area contributed by atoms with E-state index in [1.807, 2.05) is 6.92 Å². The van der Waals surface area contributed by atoms with Crippen molar-refractivity contribution in [3.05, 3.63) is 29.3 Å². The molecule has 0 spiro atoms. The van der Waals surface area contributed by atoms with Gasteiger partial charge in [0.15, 0.2) is 5.96 Å². The summed E-state index contributed by atoms with van der Waals surface area (Å²) >= 11 is 0. The molecule has 1 atom stereocenters. The highest BCUT2D eigenvalue weighted by Crippen LogP contribution is 2.23. The normalized spacial score (nSPS) is 16.5. The third-order valence-corrected chi connectivity index (χ3v) is 4.43. The molecule has 6 nitrogen and oxygen atoms in total. The van der Waals surface area contributed by atoms with Crippen molar-refractivity contribution in [1.82, 2.24) is 10.6 Å². The number of nitrogens with zero attached hydrogens (tertiary/aromatic N) is 1. The number of halogens is 1. The molecule has 1 heterocycles. The number of nitrogens with one attached hydrogen (secondary N) is 2. The lowest BCUT2D eigenvalue weighted by Crippen LogP contribution is -2.38. The molecule has 0 bridgehead atoms. The van der Waals surface area contributed by atoms with E-state index >= 15 is 0 Å². The predicted octanol–water partition coefficient (Wildman–Crippen LogP) is 3.51. The molecule has 160 valence electrons. The third-order valence-electron chi connectivity index (χ3n) is 4.43. The van der Waals surface area contributed by atoms with Gasteiger partial charge in [-0.2, -0.15) is 0 Å². The molecular formula is C21H36IN3O3. The molecule has 0 amide bonds. The van der Waals surface area contributed by atoms with Crippen molar-refractivity contribution in [2.75, 3.05) is 46.1 Å². The molecule has 1 aliphatic rings. The Hall–Kier alpha value is -1.06. The van der Waals surface area contributed by atoms with E-state index in [-0.39, 0.29) is 24.0 Å². The summed E-state index contributed by atoms with van der Waals surface area (Å²) in [6.07, 6.45) is 2.04. The SMILES string of the molecule is CCNC(=NCc1ccc(C)cc1OCC1CCOC1)NCCCOCC.I. The lowest BCUT2D eigenvalue weighted by Gasteiger charge is -2.15. The number of hydrogen-bond acceptors (Lipinski definition) is 4. The van der Waals surface area contributed by atoms with Gasteiger partial charge in [0.05, 0.1) is 19.8 Å². The highest BCUT2D eigenvalue weighted by Gasteiger charge is 2.17. The second-order valence-corrected chi connectivity index (χ2v) is 6.82. The van der Waals surface area contributed by atoms with E-state index in [4.69, 9.17) is 19.2 Å². The summed E-state index contributed by atoms with van der Waals surface area (Å²) in [6, 6.07) is 6.32. The van der Waals surface area contributed by atoms with Crippen molar-refractivity contribution in [3.63, 3.8) is 0 Å². The van der Waals surface area contributed by atoms with Crippen LogP contribution in [0, 0.1) is 12.8 Å². The van der Waals surface area contributed by atoms with Crippen molar-refractivity contribution in [2.45, 2.75) is 40.2 Å². The zero-order valence-corrected chi connectivity index (χ0v) is 19.8. The number of aliphatic imine (C=N–C) groups is 1. The molecule has 1 aromatic carbocycles. The Morgan fingerprint density at radius 2 is 2.14 bits per heavy atom. The van der Waals surface area contributed by atoms with E-state index in [0.717, 1.165) is 69.6 Å². The van der Waals surface area contributed by atoms with Crippen molar-refractivity contribution in [2.24, 2.45) is 10.9 Å². The first-order valence-corrected chi connectivity index (χ1v) is 10.1. The first-order valence-electron chi connectivity index (χ1n) is 10.1. The quantitative estimate of drug-likeness (QED) is 0.209. The average molecular weight is 505 g/mol. The Kier molecular flexibility index (Phi) is 13.3. The Labute approximate surface area is 186 Å². The lowest BCUT2D eigenvalue weighted by molar-refractivity contribution is 0.145. The molecular weight excluding hydrogens is 469 g/mol. The number of guanidine groups is 1. The molecule has 2 rings (SSSR count). The minimum absolute atomic E-state index is 0. The van der Waals surface area contributed by atoms with E-state index < -0.39 is 0 Å². The van der Waals surface area contributed by atoms with Gasteiger partial charge in [0.1, 0.15) is 5.75 Å². The summed E-state index contributed by atoms with van der Waals surface area (Å²) in [5.74, 6) is 2.24. The van der Waals surface area contributed by atoms with E-state index in [9.17, 15) is 0 Å². The summed E-state index contributed by atoms with van der Waals surface area (Å²) in [5.41, 5.74) is 2.30. The van der Waals surface area contributed by atoms with Gasteiger partial charge in [-0.25, -0.2) is 4.99 Å². The van der Waals surface area contributed by atoms with Crippen LogP contribution in [0.25, 0.3) is 0 Å². The molecule has 2 N–H and O–H groups in total. The summed E-state index contributed by atoms with van der Waals surface area (Å²) in [5, 5.41) is 6.65. The topological polar surface area (TPSA) is 64.1 Å². The third kappa shape index (κ3) is 9.43. The highest BCUT2D eigenvalue weighted by molar-refractivity contribution is 14.0. The van der Waals surface area contributed by atoms with Crippen molar-refractivity contribution in [1.29, 1.82) is 0 Å². The standard InChI is InChI=1S/C21H35N3O3.HI/c1-4-22-21(23-10-6-11-25-5-2)24-14-19-8-7-17(3)13-20(19)27-16-18-9-12-26-15-18;/h7-8,13,18H,4-6,9-12,14-16H2,1-3H3,(H2,22,23,24);1H. The van der Waals surface area contributed by atoms with E-state index in [0.29, 0.717) is 19.1 Å². The van der Waals surface area contributed by atoms with E-state index in [2.05, 4.69) is 42.7 Å². The summed E-state index contributed by atoms with van der Waals surface area (Å²) in [4.78, 5) is 4.72. The van der Waals surface area contributed by atoms with Crippen LogP contribution in [0.1, 0.15) is 37.8 Å². The number of ether oxygens (including phenoxy) is 3. The maximum atomic E-state index is 6.11. The maximum Gasteiger partial charge on any atom is 0.191 e. The first-order chi connectivity index (χ1) is 13.2. The fourth-order valence-electron chi connectivity index (χ4n) is 2.88. The number of rotatable bonds is 11. The Bertz CT molecular complexity index is 578. The van der Waals surface area contributed by atoms with Crippen molar-refractivity contribution in [3.8, 4) is 5.75 Å². The zero-order valence-electron chi connectivity index (χ0n) is 17.5. The monoisotopic (exact) mass is 505 g/mol. The van der Waals surface area contributed by atoms with Crippen LogP contribution in [0.5, 0.6) is 5.75 Å². The van der Waals surface area contributed by atoms with E-state index in [1.54, 1.807) is 0 Å². The highest BCUT2D eigenvalue weighted by atomic mass is 127. The van der Waals surface area contributed by atoms with Gasteiger partial charge in [-0.15, -0.1) is 24.0 Å². The minimum atomic E-state index is 0. The summed E-state index contributed by atoms with van der Waals surface area (Å²) in [6.45, 7) is 12.3. The van der Waals surface area contributed by atoms with E-state index in [1.165, 1.54) is 5.56 Å². The van der Waals surface area contributed by atoms with Crippen molar-refractivity contribution >= 4 is 29.9 Å². The molecule has 1 unspecified atom stereocenters. The Morgan fingerprint density at radius 1 is 1.29 bits per heavy atom. The Balaban J connectivity index is 0.00000392. The predicted molar refractivity (Wildman–Crippen MR) is 125 cm³/mol. The van der Waals surface area contributed by atoms with Crippen LogP contribution in [-0.4, -0.2) is 52.1 Å². The molecule has 7 heteroatoms. The van der Waals surface area contributed by atoms with Gasteiger partial charge in [-0.05, 0) is 45.2 Å². The smallest absolute Gasteiger partial charge is 0.191 e. The van der Waals surface area contributed by atoms with Gasteiger partial charge in [-0.3, -0.25) is 0 Å². The largest absolute Gasteiger partial charge is 0.493 e. The van der Waals surface area contributed by atoms with Gasteiger partial charge in [-0.1, -0.05) is 12.1 Å². The fourth-order valence-corrected chi connectivity index (χ4v) is 2.88. The molecule has 0 aliphatic carbocycles. The zero-order chi connectivity index (χ0) is 19.3. The molecule has 0 saturated carbocycles. The molecule has 1 fully saturated rings. The molecule has 1 aromatic rings. The van der Waals surface area contributed by atoms with Crippen LogP contribution >= 0.6 is 24.0 Å². The van der Waals surface area contributed by atoms with Gasteiger partial charge >= 0.3 is 0 Å². The lowest BCUT2D eigenvalue weighted by atomic mass is 10.1. The van der Waals surface area contributed by atoms with Crippen LogP contribution in [0.15, 0.2) is 23.2 Å².